The Labute approximate surface area is 133 Å². The molecule has 128 valence electrons. The van der Waals surface area contributed by atoms with Crippen LogP contribution in [0.2, 0.25) is 0 Å². The zero-order chi connectivity index (χ0) is 18.1. The maximum atomic E-state index is 12.8. The van der Waals surface area contributed by atoms with Crippen molar-refractivity contribution in [2.24, 2.45) is 0 Å². The van der Waals surface area contributed by atoms with Gasteiger partial charge in [0.15, 0.2) is 0 Å². The number of aryl methyl sites for hydroxylation is 1. The quantitative estimate of drug-likeness (QED) is 0.736. The van der Waals surface area contributed by atoms with E-state index in [0.717, 1.165) is 5.56 Å². The number of hydrogen-bond donors (Lipinski definition) is 1. The molecular formula is C16H11F6NO. The number of rotatable bonds is 2. The van der Waals surface area contributed by atoms with Gasteiger partial charge >= 0.3 is 12.4 Å². The summed E-state index contributed by atoms with van der Waals surface area (Å²) in [7, 11) is 0. The van der Waals surface area contributed by atoms with E-state index in [1.165, 1.54) is 12.1 Å². The van der Waals surface area contributed by atoms with Crippen LogP contribution in [0.5, 0.6) is 0 Å². The van der Waals surface area contributed by atoms with Crippen molar-refractivity contribution in [2.75, 3.05) is 5.32 Å². The first-order valence-corrected chi connectivity index (χ1v) is 6.64. The van der Waals surface area contributed by atoms with E-state index in [-0.39, 0.29) is 11.8 Å². The number of anilines is 1. The van der Waals surface area contributed by atoms with E-state index in [0.29, 0.717) is 12.1 Å². The highest BCUT2D eigenvalue weighted by Gasteiger charge is 2.37. The molecule has 0 bridgehead atoms. The molecule has 2 nitrogen and oxygen atoms in total. The predicted octanol–water partition coefficient (Wildman–Crippen LogP) is 5.28. The minimum Gasteiger partial charge on any atom is -0.322 e. The van der Waals surface area contributed by atoms with Crippen LogP contribution in [0, 0.1) is 6.92 Å². The Morgan fingerprint density at radius 2 is 1.29 bits per heavy atom. The first-order valence-electron chi connectivity index (χ1n) is 6.64. The van der Waals surface area contributed by atoms with Gasteiger partial charge in [0.05, 0.1) is 11.1 Å². The molecule has 1 N–H and O–H groups in total. The third-order valence-corrected chi connectivity index (χ3v) is 3.16. The average Bonchev–Trinajstić information content (AvgIpc) is 2.47. The van der Waals surface area contributed by atoms with Gasteiger partial charge in [-0.2, -0.15) is 26.3 Å². The van der Waals surface area contributed by atoms with Crippen LogP contribution in [0.4, 0.5) is 32.0 Å². The Kier molecular flexibility index (Phi) is 4.59. The van der Waals surface area contributed by atoms with E-state index in [1.807, 2.05) is 0 Å². The van der Waals surface area contributed by atoms with E-state index >= 15 is 0 Å². The van der Waals surface area contributed by atoms with Crippen molar-refractivity contribution in [3.63, 3.8) is 0 Å². The van der Waals surface area contributed by atoms with Gasteiger partial charge in [0.1, 0.15) is 0 Å². The van der Waals surface area contributed by atoms with Crippen LogP contribution in [-0.2, 0) is 12.4 Å². The van der Waals surface area contributed by atoms with Crippen LogP contribution in [0.25, 0.3) is 0 Å². The third kappa shape index (κ3) is 4.27. The molecule has 2 rings (SSSR count). The molecule has 0 saturated carbocycles. The average molecular weight is 347 g/mol. The summed E-state index contributed by atoms with van der Waals surface area (Å²) in [4.78, 5) is 12.0. The highest BCUT2D eigenvalue weighted by atomic mass is 19.4. The lowest BCUT2D eigenvalue weighted by molar-refractivity contribution is -0.143. The Hall–Kier alpha value is -2.51. The van der Waals surface area contributed by atoms with E-state index < -0.39 is 35.0 Å². The van der Waals surface area contributed by atoms with E-state index in [9.17, 15) is 31.1 Å². The van der Waals surface area contributed by atoms with Gasteiger partial charge in [0, 0.05) is 11.3 Å². The molecule has 0 radical (unpaired) electrons. The van der Waals surface area contributed by atoms with E-state index in [2.05, 4.69) is 5.32 Å². The molecule has 0 spiro atoms. The molecule has 24 heavy (non-hydrogen) atoms. The van der Waals surface area contributed by atoms with Gasteiger partial charge in [-0.3, -0.25) is 4.79 Å². The molecule has 0 aliphatic carbocycles. The van der Waals surface area contributed by atoms with Crippen LogP contribution < -0.4 is 5.32 Å². The summed E-state index contributed by atoms with van der Waals surface area (Å²) in [5.41, 5.74) is -2.65. The number of halogens is 6. The standard InChI is InChI=1S/C16H11F6NO/c1-9-2-4-13(5-3-9)23-14(24)10-6-11(15(17,18)19)8-12(7-10)16(20,21)22/h2-8H,1H3,(H,23,24). The minimum atomic E-state index is -5.00. The number of benzene rings is 2. The van der Waals surface area contributed by atoms with Crippen molar-refractivity contribution >= 4 is 11.6 Å². The second-order valence-electron chi connectivity index (χ2n) is 5.11. The summed E-state index contributed by atoms with van der Waals surface area (Å²) in [5.74, 6) is -1.06. The summed E-state index contributed by atoms with van der Waals surface area (Å²) in [6, 6.07) is 7.02. The van der Waals surface area contributed by atoms with Gasteiger partial charge in [0.25, 0.3) is 5.91 Å². The molecular weight excluding hydrogens is 336 g/mol. The second kappa shape index (κ2) is 6.18. The Morgan fingerprint density at radius 1 is 0.833 bits per heavy atom. The van der Waals surface area contributed by atoms with Gasteiger partial charge in [-0.15, -0.1) is 0 Å². The number of carbonyl (C=O) groups excluding carboxylic acids is 1. The van der Waals surface area contributed by atoms with Crippen LogP contribution in [0.15, 0.2) is 42.5 Å². The molecule has 0 fully saturated rings. The zero-order valence-electron chi connectivity index (χ0n) is 12.2. The molecule has 0 unspecified atom stereocenters. The van der Waals surface area contributed by atoms with Gasteiger partial charge in [0.2, 0.25) is 0 Å². The number of alkyl halides is 6. The van der Waals surface area contributed by atoms with Crippen LogP contribution in [0.3, 0.4) is 0 Å². The molecule has 8 heteroatoms. The third-order valence-electron chi connectivity index (χ3n) is 3.16. The maximum Gasteiger partial charge on any atom is 0.416 e. The van der Waals surface area contributed by atoms with Gasteiger partial charge < -0.3 is 5.32 Å². The molecule has 0 aliphatic rings. The van der Waals surface area contributed by atoms with Crippen molar-refractivity contribution in [3.05, 3.63) is 64.7 Å². The summed E-state index contributed by atoms with van der Waals surface area (Å²) in [6.07, 6.45) is -10.00. The Balaban J connectivity index is 2.40. The maximum absolute atomic E-state index is 12.8. The van der Waals surface area contributed by atoms with Crippen molar-refractivity contribution in [2.45, 2.75) is 19.3 Å². The molecule has 2 aromatic rings. The topological polar surface area (TPSA) is 29.1 Å². The largest absolute Gasteiger partial charge is 0.416 e. The fraction of sp³-hybridized carbons (Fsp3) is 0.188. The molecule has 0 heterocycles. The smallest absolute Gasteiger partial charge is 0.322 e. The molecule has 0 aromatic heterocycles. The molecule has 0 saturated heterocycles. The first-order chi connectivity index (χ1) is 11.0. The lowest BCUT2D eigenvalue weighted by atomic mass is 10.0. The number of carbonyl (C=O) groups is 1. The lowest BCUT2D eigenvalue weighted by Crippen LogP contribution is -2.17. The van der Waals surface area contributed by atoms with Gasteiger partial charge in [-0.1, -0.05) is 17.7 Å². The fourth-order valence-electron chi connectivity index (χ4n) is 1.93. The first kappa shape index (κ1) is 17.8. The van der Waals surface area contributed by atoms with E-state index in [4.69, 9.17) is 0 Å². The highest BCUT2D eigenvalue weighted by molar-refractivity contribution is 6.04. The predicted molar refractivity (Wildman–Crippen MR) is 75.6 cm³/mol. The van der Waals surface area contributed by atoms with Crippen molar-refractivity contribution in [3.8, 4) is 0 Å². The van der Waals surface area contributed by atoms with Gasteiger partial charge in [-0.25, -0.2) is 0 Å². The number of nitrogens with one attached hydrogen (secondary N) is 1. The Morgan fingerprint density at radius 3 is 1.71 bits per heavy atom. The van der Waals surface area contributed by atoms with Gasteiger partial charge in [-0.05, 0) is 37.3 Å². The Bertz CT molecular complexity index is 714. The molecule has 1 amide bonds. The molecule has 0 aliphatic heterocycles. The number of hydrogen-bond acceptors (Lipinski definition) is 1. The highest BCUT2D eigenvalue weighted by Crippen LogP contribution is 2.36. The zero-order valence-corrected chi connectivity index (χ0v) is 12.2. The van der Waals surface area contributed by atoms with Crippen LogP contribution in [0.1, 0.15) is 27.0 Å². The lowest BCUT2D eigenvalue weighted by Gasteiger charge is -2.14. The molecule has 2 aromatic carbocycles. The molecule has 0 atom stereocenters. The monoisotopic (exact) mass is 347 g/mol. The normalized spacial score (nSPS) is 12.1. The SMILES string of the molecule is Cc1ccc(NC(=O)c2cc(C(F)(F)F)cc(C(F)(F)F)c2)cc1. The summed E-state index contributed by atoms with van der Waals surface area (Å²) in [6.45, 7) is 1.79. The summed E-state index contributed by atoms with van der Waals surface area (Å²) in [5, 5.41) is 2.27. The van der Waals surface area contributed by atoms with Crippen molar-refractivity contribution in [1.82, 2.24) is 0 Å². The second-order valence-corrected chi connectivity index (χ2v) is 5.11. The number of amides is 1. The van der Waals surface area contributed by atoms with Crippen molar-refractivity contribution in [1.29, 1.82) is 0 Å². The van der Waals surface area contributed by atoms with Crippen molar-refractivity contribution < 1.29 is 31.1 Å². The fourth-order valence-corrected chi connectivity index (χ4v) is 1.93. The summed E-state index contributed by atoms with van der Waals surface area (Å²) < 4.78 is 76.6. The minimum absolute atomic E-state index is 0.0251. The van der Waals surface area contributed by atoms with Crippen LogP contribution in [-0.4, -0.2) is 5.91 Å². The van der Waals surface area contributed by atoms with E-state index in [1.54, 1.807) is 19.1 Å². The summed E-state index contributed by atoms with van der Waals surface area (Å²) >= 11 is 0. The van der Waals surface area contributed by atoms with Crippen LogP contribution >= 0.6 is 0 Å².